The molecule has 0 bridgehead atoms. The number of aromatic nitrogens is 2. The standard InChI is InChI=1S/C20H28N6O11/c21-10(1-3-14(27)28)17(33)25-12(5-9-7-22-8-23-9)18(34)26-13(6-16(31)32)19(35)24-11(20(36)37)2-4-15(29)30/h7-8,10-13H,1-6,21H2,(H,22,23)(H,24,35)(H,25,33)(H,26,34)(H,27,28)(H,29,30)(H,31,32)(H,36,37). The van der Waals surface area contributed by atoms with E-state index in [0.717, 1.165) is 0 Å². The number of carboxylic acids is 4. The van der Waals surface area contributed by atoms with Crippen LogP contribution in [-0.2, 0) is 40.0 Å². The minimum atomic E-state index is -1.79. The molecule has 1 aromatic rings. The Morgan fingerprint density at radius 3 is 1.84 bits per heavy atom. The second-order valence-electron chi connectivity index (χ2n) is 7.87. The predicted molar refractivity (Wildman–Crippen MR) is 120 cm³/mol. The molecule has 0 aliphatic heterocycles. The quantitative estimate of drug-likeness (QED) is 0.0976. The van der Waals surface area contributed by atoms with E-state index < -0.39 is 91.4 Å². The third-order valence-corrected chi connectivity index (χ3v) is 4.89. The van der Waals surface area contributed by atoms with Gasteiger partial charge in [0, 0.05) is 31.2 Å². The van der Waals surface area contributed by atoms with Crippen LogP contribution >= 0.6 is 0 Å². The number of imidazole rings is 1. The molecule has 1 rings (SSSR count). The van der Waals surface area contributed by atoms with Crippen molar-refractivity contribution in [3.8, 4) is 0 Å². The second kappa shape index (κ2) is 14.8. The number of amides is 3. The number of carbonyl (C=O) groups excluding carboxylic acids is 3. The number of hydrogen-bond acceptors (Lipinski definition) is 9. The Balaban J connectivity index is 3.04. The Hall–Kier alpha value is -4.54. The Morgan fingerprint density at radius 1 is 0.784 bits per heavy atom. The second-order valence-corrected chi connectivity index (χ2v) is 7.87. The van der Waals surface area contributed by atoms with Crippen molar-refractivity contribution in [3.63, 3.8) is 0 Å². The Kier molecular flexibility index (Phi) is 12.2. The number of aliphatic carboxylic acids is 4. The maximum absolute atomic E-state index is 13.0. The molecule has 4 unspecified atom stereocenters. The number of carbonyl (C=O) groups is 7. The fourth-order valence-electron chi connectivity index (χ4n) is 2.97. The molecular formula is C20H28N6O11. The third kappa shape index (κ3) is 11.6. The van der Waals surface area contributed by atoms with Crippen molar-refractivity contribution < 1.29 is 54.0 Å². The summed E-state index contributed by atoms with van der Waals surface area (Å²) in [5.41, 5.74) is 6.03. The normalized spacial score (nSPS) is 13.9. The summed E-state index contributed by atoms with van der Waals surface area (Å²) in [5.74, 6) is -8.75. The van der Waals surface area contributed by atoms with Gasteiger partial charge in [-0.1, -0.05) is 0 Å². The molecule has 0 saturated heterocycles. The Bertz CT molecular complexity index is 997. The van der Waals surface area contributed by atoms with E-state index >= 15 is 0 Å². The summed E-state index contributed by atoms with van der Waals surface area (Å²) in [5, 5.41) is 42.3. The molecule has 37 heavy (non-hydrogen) atoms. The molecule has 0 aliphatic carbocycles. The fraction of sp³-hybridized carbons (Fsp3) is 0.500. The largest absolute Gasteiger partial charge is 0.481 e. The maximum Gasteiger partial charge on any atom is 0.326 e. The van der Waals surface area contributed by atoms with Crippen molar-refractivity contribution >= 4 is 41.6 Å². The molecule has 3 amide bonds. The highest BCUT2D eigenvalue weighted by atomic mass is 16.4. The lowest BCUT2D eigenvalue weighted by Crippen LogP contribution is -2.58. The monoisotopic (exact) mass is 528 g/mol. The van der Waals surface area contributed by atoms with Crippen LogP contribution in [0.2, 0.25) is 0 Å². The number of carboxylic acid groups (broad SMARTS) is 4. The van der Waals surface area contributed by atoms with Crippen molar-refractivity contribution in [2.75, 3.05) is 0 Å². The van der Waals surface area contributed by atoms with E-state index in [4.69, 9.17) is 21.1 Å². The van der Waals surface area contributed by atoms with Crippen LogP contribution in [0.4, 0.5) is 0 Å². The van der Waals surface area contributed by atoms with E-state index in [9.17, 15) is 38.7 Å². The summed E-state index contributed by atoms with van der Waals surface area (Å²) < 4.78 is 0. The van der Waals surface area contributed by atoms with Crippen LogP contribution in [-0.4, -0.2) is 96.2 Å². The van der Waals surface area contributed by atoms with Gasteiger partial charge in [-0.15, -0.1) is 0 Å². The number of H-pyrrole nitrogens is 1. The number of aromatic amines is 1. The first-order chi connectivity index (χ1) is 17.3. The number of rotatable bonds is 17. The van der Waals surface area contributed by atoms with Gasteiger partial charge in [-0.05, 0) is 12.8 Å². The van der Waals surface area contributed by atoms with Crippen molar-refractivity contribution in [2.45, 2.75) is 62.7 Å². The van der Waals surface area contributed by atoms with Gasteiger partial charge in [0.25, 0.3) is 0 Å². The van der Waals surface area contributed by atoms with E-state index in [2.05, 4.69) is 20.6 Å². The summed E-state index contributed by atoms with van der Waals surface area (Å²) in [7, 11) is 0. The molecule has 0 spiro atoms. The smallest absolute Gasteiger partial charge is 0.326 e. The lowest BCUT2D eigenvalue weighted by Gasteiger charge is -2.24. The summed E-state index contributed by atoms with van der Waals surface area (Å²) in [6, 6.07) is -6.19. The van der Waals surface area contributed by atoms with Crippen LogP contribution in [0.5, 0.6) is 0 Å². The molecule has 1 heterocycles. The zero-order valence-electron chi connectivity index (χ0n) is 19.4. The molecule has 4 atom stereocenters. The fourth-order valence-corrected chi connectivity index (χ4v) is 2.97. The summed E-state index contributed by atoms with van der Waals surface area (Å²) >= 11 is 0. The molecule has 0 aliphatic rings. The molecule has 0 radical (unpaired) electrons. The Morgan fingerprint density at radius 2 is 1.32 bits per heavy atom. The minimum Gasteiger partial charge on any atom is -0.481 e. The third-order valence-electron chi connectivity index (χ3n) is 4.89. The van der Waals surface area contributed by atoms with Gasteiger partial charge in [0.1, 0.15) is 18.1 Å². The van der Waals surface area contributed by atoms with Crippen molar-refractivity contribution in [1.82, 2.24) is 25.9 Å². The molecule has 17 nitrogen and oxygen atoms in total. The maximum atomic E-state index is 13.0. The van der Waals surface area contributed by atoms with Gasteiger partial charge >= 0.3 is 23.9 Å². The first-order valence-electron chi connectivity index (χ1n) is 10.8. The highest BCUT2D eigenvalue weighted by Crippen LogP contribution is 2.05. The molecule has 1 aromatic heterocycles. The van der Waals surface area contributed by atoms with Gasteiger partial charge < -0.3 is 47.1 Å². The number of nitrogens with one attached hydrogen (secondary N) is 4. The van der Waals surface area contributed by atoms with E-state index in [1.54, 1.807) is 0 Å². The van der Waals surface area contributed by atoms with Gasteiger partial charge in [-0.3, -0.25) is 28.8 Å². The summed E-state index contributed by atoms with van der Waals surface area (Å²) in [6.07, 6.45) is -0.320. The van der Waals surface area contributed by atoms with Crippen LogP contribution in [0.15, 0.2) is 12.5 Å². The number of nitrogens with zero attached hydrogens (tertiary/aromatic N) is 1. The average Bonchev–Trinajstić information content (AvgIpc) is 3.31. The molecule has 0 fully saturated rings. The SMILES string of the molecule is NC(CCC(=O)O)C(=O)NC(Cc1cnc[nH]1)C(=O)NC(CC(=O)O)C(=O)NC(CCC(=O)O)C(=O)O. The van der Waals surface area contributed by atoms with E-state index in [1.165, 1.54) is 12.5 Å². The van der Waals surface area contributed by atoms with Crippen molar-refractivity contribution in [1.29, 1.82) is 0 Å². The lowest BCUT2D eigenvalue weighted by molar-refractivity contribution is -0.144. The molecule has 10 N–H and O–H groups in total. The van der Waals surface area contributed by atoms with Gasteiger partial charge in [-0.25, -0.2) is 9.78 Å². The van der Waals surface area contributed by atoms with Crippen LogP contribution in [0, 0.1) is 0 Å². The van der Waals surface area contributed by atoms with Gasteiger partial charge in [0.05, 0.1) is 18.8 Å². The van der Waals surface area contributed by atoms with Gasteiger partial charge in [0.15, 0.2) is 0 Å². The summed E-state index contributed by atoms with van der Waals surface area (Å²) in [4.78, 5) is 88.6. The minimum absolute atomic E-state index is 0.207. The first kappa shape index (κ1) is 30.5. The highest BCUT2D eigenvalue weighted by molar-refractivity contribution is 5.95. The number of nitrogens with two attached hydrogens (primary N) is 1. The van der Waals surface area contributed by atoms with Crippen molar-refractivity contribution in [3.05, 3.63) is 18.2 Å². The highest BCUT2D eigenvalue weighted by Gasteiger charge is 2.32. The molecule has 0 aromatic carbocycles. The zero-order chi connectivity index (χ0) is 28.1. The lowest BCUT2D eigenvalue weighted by atomic mass is 10.1. The van der Waals surface area contributed by atoms with E-state index in [0.29, 0.717) is 5.69 Å². The topological polar surface area (TPSA) is 291 Å². The first-order valence-corrected chi connectivity index (χ1v) is 10.8. The van der Waals surface area contributed by atoms with E-state index in [-0.39, 0.29) is 12.8 Å². The summed E-state index contributed by atoms with van der Waals surface area (Å²) in [6.45, 7) is 0. The van der Waals surface area contributed by atoms with E-state index in [1.807, 2.05) is 5.32 Å². The molecule has 0 saturated carbocycles. The van der Waals surface area contributed by atoms with Gasteiger partial charge in [0.2, 0.25) is 17.7 Å². The van der Waals surface area contributed by atoms with Crippen LogP contribution in [0.3, 0.4) is 0 Å². The Labute approximate surface area is 208 Å². The van der Waals surface area contributed by atoms with Crippen LogP contribution in [0.25, 0.3) is 0 Å². The van der Waals surface area contributed by atoms with Gasteiger partial charge in [-0.2, -0.15) is 0 Å². The predicted octanol–water partition coefficient (Wildman–Crippen LogP) is -2.98. The zero-order valence-corrected chi connectivity index (χ0v) is 19.4. The van der Waals surface area contributed by atoms with Crippen LogP contribution < -0.4 is 21.7 Å². The molecule has 17 heteroatoms. The number of hydrogen-bond donors (Lipinski definition) is 9. The molecule has 204 valence electrons. The van der Waals surface area contributed by atoms with Crippen LogP contribution in [0.1, 0.15) is 37.8 Å². The molecular weight excluding hydrogens is 500 g/mol. The average molecular weight is 528 g/mol. The van der Waals surface area contributed by atoms with Crippen molar-refractivity contribution in [2.24, 2.45) is 5.73 Å².